The molecule has 0 aromatic heterocycles. The van der Waals surface area contributed by atoms with Crippen LogP contribution in [0, 0.1) is 0 Å². The van der Waals surface area contributed by atoms with Gasteiger partial charge in [0, 0.05) is 0 Å². The minimum Gasteiger partial charge on any atom is -0.411 e. The average Bonchev–Trinajstić information content (AvgIpc) is 2.82. The van der Waals surface area contributed by atoms with Crippen LogP contribution in [0.2, 0.25) is 18.1 Å². The first-order valence-corrected chi connectivity index (χ1v) is 8.59. The van der Waals surface area contributed by atoms with E-state index >= 15 is 0 Å². The van der Waals surface area contributed by atoms with Gasteiger partial charge in [-0.3, -0.25) is 0 Å². The van der Waals surface area contributed by atoms with Gasteiger partial charge in [-0.25, -0.2) is 0 Å². The van der Waals surface area contributed by atoms with Crippen molar-refractivity contribution in [3.63, 3.8) is 0 Å². The van der Waals surface area contributed by atoms with Crippen LogP contribution in [0.3, 0.4) is 0 Å². The molecule has 0 spiro atoms. The molecule has 0 aromatic carbocycles. The molecule has 1 aliphatic heterocycles. The summed E-state index contributed by atoms with van der Waals surface area (Å²) in [7, 11) is -1.66. The summed E-state index contributed by atoms with van der Waals surface area (Å²) in [4.78, 5) is 0. The zero-order valence-electron chi connectivity index (χ0n) is 10.7. The van der Waals surface area contributed by atoms with Crippen LogP contribution in [0.1, 0.15) is 27.2 Å². The maximum atomic E-state index is 6.31. The second-order valence-corrected chi connectivity index (χ2v) is 10.6. The lowest BCUT2D eigenvalue weighted by molar-refractivity contribution is 0.145. The zero-order chi connectivity index (χ0) is 11.7. The Kier molecular flexibility index (Phi) is 3.79. The molecule has 3 heteroatoms. The highest BCUT2D eigenvalue weighted by Crippen LogP contribution is 2.39. The molecule has 0 aliphatic carbocycles. The van der Waals surface area contributed by atoms with Crippen molar-refractivity contribution >= 4 is 8.32 Å². The monoisotopic (exact) mass is 228 g/mol. The first-order chi connectivity index (χ1) is 6.78. The Labute approximate surface area is 94.8 Å². The van der Waals surface area contributed by atoms with E-state index in [1.54, 1.807) is 0 Å². The summed E-state index contributed by atoms with van der Waals surface area (Å²) in [5.41, 5.74) is 0. The molecule has 1 rings (SSSR count). The summed E-state index contributed by atoms with van der Waals surface area (Å²) < 4.78 is 11.6. The molecule has 88 valence electrons. The Balaban J connectivity index is 2.59. The van der Waals surface area contributed by atoms with Crippen LogP contribution >= 0.6 is 0 Å². The van der Waals surface area contributed by atoms with E-state index in [1.165, 1.54) is 0 Å². The summed E-state index contributed by atoms with van der Waals surface area (Å²) >= 11 is 0. The molecule has 2 nitrogen and oxygen atoms in total. The summed E-state index contributed by atoms with van der Waals surface area (Å²) in [6.45, 7) is 16.0. The van der Waals surface area contributed by atoms with Gasteiger partial charge in [0.25, 0.3) is 0 Å². The zero-order valence-corrected chi connectivity index (χ0v) is 11.7. The van der Waals surface area contributed by atoms with Gasteiger partial charge in [0.15, 0.2) is 8.32 Å². The van der Waals surface area contributed by atoms with Crippen molar-refractivity contribution in [3.8, 4) is 0 Å². The van der Waals surface area contributed by atoms with Crippen LogP contribution < -0.4 is 0 Å². The fourth-order valence-electron chi connectivity index (χ4n) is 1.27. The van der Waals surface area contributed by atoms with Gasteiger partial charge in [-0.1, -0.05) is 26.8 Å². The van der Waals surface area contributed by atoms with Crippen molar-refractivity contribution in [1.29, 1.82) is 0 Å². The Morgan fingerprint density at radius 2 is 2.07 bits per heavy atom. The minimum absolute atomic E-state index is 0.225. The summed E-state index contributed by atoms with van der Waals surface area (Å²) in [5, 5.41) is 0.265. The number of ether oxygens (including phenoxy) is 1. The van der Waals surface area contributed by atoms with Gasteiger partial charge >= 0.3 is 0 Å². The molecule has 0 aromatic rings. The van der Waals surface area contributed by atoms with E-state index in [1.807, 2.05) is 6.08 Å². The lowest BCUT2D eigenvalue weighted by atomic mass is 10.2. The van der Waals surface area contributed by atoms with Gasteiger partial charge < -0.3 is 9.16 Å². The van der Waals surface area contributed by atoms with E-state index in [2.05, 4.69) is 40.4 Å². The van der Waals surface area contributed by atoms with E-state index < -0.39 is 8.32 Å². The summed E-state index contributed by atoms with van der Waals surface area (Å²) in [6.07, 6.45) is 3.37. The second kappa shape index (κ2) is 4.40. The number of hydrogen-bond donors (Lipinski definition) is 0. The molecule has 2 atom stereocenters. The van der Waals surface area contributed by atoms with Gasteiger partial charge in [-0.15, -0.1) is 6.58 Å². The van der Waals surface area contributed by atoms with Crippen LogP contribution in [0.5, 0.6) is 0 Å². The number of rotatable bonds is 5. The number of hydrogen-bond acceptors (Lipinski definition) is 2. The Morgan fingerprint density at radius 1 is 1.53 bits per heavy atom. The van der Waals surface area contributed by atoms with E-state index in [4.69, 9.17) is 9.16 Å². The molecular formula is C12H24O2Si. The van der Waals surface area contributed by atoms with E-state index in [0.717, 1.165) is 13.0 Å². The first-order valence-electron chi connectivity index (χ1n) is 5.68. The Morgan fingerprint density at radius 3 is 2.40 bits per heavy atom. The molecule has 1 fully saturated rings. The normalized spacial score (nSPS) is 23.7. The van der Waals surface area contributed by atoms with Crippen LogP contribution in [-0.4, -0.2) is 27.1 Å². The fraction of sp³-hybridized carbons (Fsp3) is 0.833. The quantitative estimate of drug-likeness (QED) is 0.409. The summed E-state index contributed by atoms with van der Waals surface area (Å²) in [6, 6.07) is 0. The third-order valence-electron chi connectivity index (χ3n) is 3.42. The maximum absolute atomic E-state index is 6.31. The molecule has 0 N–H and O–H groups in total. The lowest BCUT2D eigenvalue weighted by Gasteiger charge is -2.38. The smallest absolute Gasteiger partial charge is 0.192 e. The van der Waals surface area contributed by atoms with Crippen LogP contribution in [0.4, 0.5) is 0 Å². The summed E-state index contributed by atoms with van der Waals surface area (Å²) in [5.74, 6) is 0. The Bertz CT molecular complexity index is 226. The second-order valence-electron chi connectivity index (χ2n) is 5.81. The lowest BCUT2D eigenvalue weighted by Crippen LogP contribution is -2.45. The Hall–Kier alpha value is -0.123. The highest BCUT2D eigenvalue weighted by atomic mass is 28.4. The predicted octanol–water partition coefficient (Wildman–Crippen LogP) is 3.35. The molecule has 1 saturated heterocycles. The molecule has 0 saturated carbocycles. The van der Waals surface area contributed by atoms with Crippen molar-refractivity contribution in [2.75, 3.05) is 6.61 Å². The van der Waals surface area contributed by atoms with Crippen molar-refractivity contribution in [2.45, 2.75) is 57.5 Å². The SMILES string of the molecule is C=CC[C@@H](O[Si](C)(C)C(C)(C)C)[C@@H]1CO1. The van der Waals surface area contributed by atoms with Gasteiger partial charge in [-0.05, 0) is 24.6 Å². The largest absolute Gasteiger partial charge is 0.411 e. The minimum atomic E-state index is -1.66. The van der Waals surface area contributed by atoms with Crippen LogP contribution in [0.15, 0.2) is 12.7 Å². The molecule has 0 bridgehead atoms. The van der Waals surface area contributed by atoms with Gasteiger partial charge in [-0.2, -0.15) is 0 Å². The molecule has 0 radical (unpaired) electrons. The topological polar surface area (TPSA) is 21.8 Å². The standard InChI is InChI=1S/C12H24O2Si/c1-7-8-10(11-9-13-11)14-15(5,6)12(2,3)4/h7,10-11H,1,8-9H2,2-6H3/t10-,11+/m1/s1. The van der Waals surface area contributed by atoms with Gasteiger partial charge in [0.2, 0.25) is 0 Å². The molecule has 1 heterocycles. The van der Waals surface area contributed by atoms with E-state index in [0.29, 0.717) is 6.10 Å². The maximum Gasteiger partial charge on any atom is 0.192 e. The molecular weight excluding hydrogens is 204 g/mol. The number of epoxide rings is 1. The highest BCUT2D eigenvalue weighted by molar-refractivity contribution is 6.74. The third-order valence-corrected chi connectivity index (χ3v) is 7.93. The van der Waals surface area contributed by atoms with E-state index in [9.17, 15) is 0 Å². The van der Waals surface area contributed by atoms with Crippen molar-refractivity contribution in [2.24, 2.45) is 0 Å². The van der Waals surface area contributed by atoms with Crippen LogP contribution in [-0.2, 0) is 9.16 Å². The van der Waals surface area contributed by atoms with E-state index in [-0.39, 0.29) is 11.1 Å². The van der Waals surface area contributed by atoms with Gasteiger partial charge in [0.05, 0.1) is 12.7 Å². The molecule has 1 aliphatic rings. The van der Waals surface area contributed by atoms with Crippen molar-refractivity contribution < 1.29 is 9.16 Å². The fourth-order valence-corrected chi connectivity index (χ4v) is 2.62. The molecule has 0 unspecified atom stereocenters. The van der Waals surface area contributed by atoms with Crippen LogP contribution in [0.25, 0.3) is 0 Å². The third kappa shape index (κ3) is 3.43. The van der Waals surface area contributed by atoms with Gasteiger partial charge in [0.1, 0.15) is 6.10 Å². The predicted molar refractivity (Wildman–Crippen MR) is 66.6 cm³/mol. The van der Waals surface area contributed by atoms with Crippen molar-refractivity contribution in [3.05, 3.63) is 12.7 Å². The first kappa shape index (κ1) is 12.9. The highest BCUT2D eigenvalue weighted by Gasteiger charge is 2.43. The molecule has 0 amide bonds. The average molecular weight is 228 g/mol. The van der Waals surface area contributed by atoms with Crippen molar-refractivity contribution in [1.82, 2.24) is 0 Å². The molecule has 15 heavy (non-hydrogen) atoms.